The number of esters is 1. The van der Waals surface area contributed by atoms with Crippen molar-refractivity contribution in [2.24, 2.45) is 0 Å². The average molecular weight is 420 g/mol. The third kappa shape index (κ3) is 4.99. The first-order valence-electron chi connectivity index (χ1n) is 5.38. The van der Waals surface area contributed by atoms with Gasteiger partial charge < -0.3 is 9.47 Å². The molecule has 0 fully saturated rings. The Labute approximate surface area is 129 Å². The van der Waals surface area contributed by atoms with Crippen LogP contribution in [0.4, 0.5) is 18.9 Å². The van der Waals surface area contributed by atoms with E-state index in [0.29, 0.717) is 0 Å². The molecule has 21 heavy (non-hydrogen) atoms. The number of aromatic nitrogens is 1. The number of ether oxygens (including phenoxy) is 2. The van der Waals surface area contributed by atoms with Gasteiger partial charge in [0.25, 0.3) is 0 Å². The maximum absolute atomic E-state index is 12.4. The lowest BCUT2D eigenvalue weighted by atomic mass is 10.2. The lowest BCUT2D eigenvalue weighted by molar-refractivity contribution is -0.390. The summed E-state index contributed by atoms with van der Waals surface area (Å²) in [6, 6.07) is 0. The van der Waals surface area contributed by atoms with Crippen molar-refractivity contribution in [1.29, 1.82) is 0 Å². The summed E-state index contributed by atoms with van der Waals surface area (Å²) in [4.78, 5) is 24.8. The third-order valence-corrected chi connectivity index (χ3v) is 2.87. The lowest BCUT2D eigenvalue weighted by Crippen LogP contribution is -2.20. The highest BCUT2D eigenvalue weighted by atomic mass is 127. The van der Waals surface area contributed by atoms with Crippen molar-refractivity contribution in [3.63, 3.8) is 0 Å². The van der Waals surface area contributed by atoms with Crippen LogP contribution in [0.1, 0.15) is 12.5 Å². The average Bonchev–Trinajstić information content (AvgIpc) is 2.30. The number of halogens is 4. The summed E-state index contributed by atoms with van der Waals surface area (Å²) in [5.74, 6) is -1.90. The molecule has 0 amide bonds. The molecule has 0 atom stereocenters. The molecule has 116 valence electrons. The zero-order chi connectivity index (χ0) is 16.2. The summed E-state index contributed by atoms with van der Waals surface area (Å²) < 4.78 is 45.2. The Morgan fingerprint density at radius 1 is 1.52 bits per heavy atom. The van der Waals surface area contributed by atoms with E-state index in [1.54, 1.807) is 0 Å². The van der Waals surface area contributed by atoms with E-state index in [2.05, 4.69) is 14.5 Å². The van der Waals surface area contributed by atoms with Crippen LogP contribution in [0.2, 0.25) is 0 Å². The standard InChI is InChI=1S/C10H8F3IN2O5/c1-2-20-6(17)3-5-4-15-9(14)7(16(18)19)8(5)21-10(11,12)13/h4H,2-3H2,1H3. The van der Waals surface area contributed by atoms with Crippen LogP contribution in [-0.4, -0.2) is 28.8 Å². The molecule has 11 heteroatoms. The first-order chi connectivity index (χ1) is 9.65. The van der Waals surface area contributed by atoms with E-state index in [9.17, 15) is 28.1 Å². The smallest absolute Gasteiger partial charge is 0.466 e. The molecule has 1 aromatic heterocycles. The molecule has 0 saturated heterocycles. The van der Waals surface area contributed by atoms with E-state index in [4.69, 9.17) is 0 Å². The Balaban J connectivity index is 3.32. The quantitative estimate of drug-likeness (QED) is 0.239. The molecular weight excluding hydrogens is 412 g/mol. The minimum absolute atomic E-state index is 0.0220. The number of rotatable bonds is 5. The van der Waals surface area contributed by atoms with Gasteiger partial charge in [-0.15, -0.1) is 13.2 Å². The molecule has 0 aliphatic rings. The summed E-state index contributed by atoms with van der Waals surface area (Å²) >= 11 is 1.40. The zero-order valence-electron chi connectivity index (χ0n) is 10.4. The Hall–Kier alpha value is -1.66. The van der Waals surface area contributed by atoms with E-state index in [-0.39, 0.29) is 15.9 Å². The largest absolute Gasteiger partial charge is 0.573 e. The summed E-state index contributed by atoms with van der Waals surface area (Å²) in [6.45, 7) is 1.54. The molecular formula is C10H8F3IN2O5. The molecule has 0 aliphatic heterocycles. The van der Waals surface area contributed by atoms with Gasteiger partial charge in [0, 0.05) is 11.8 Å². The summed E-state index contributed by atoms with van der Waals surface area (Å²) in [5.41, 5.74) is -1.33. The molecule has 1 aromatic rings. The number of alkyl halides is 3. The maximum atomic E-state index is 12.4. The second kappa shape index (κ2) is 6.87. The number of hydrogen-bond acceptors (Lipinski definition) is 6. The van der Waals surface area contributed by atoms with Crippen molar-refractivity contribution in [3.8, 4) is 5.75 Å². The Kier molecular flexibility index (Phi) is 5.69. The minimum atomic E-state index is -5.14. The van der Waals surface area contributed by atoms with Crippen LogP contribution in [0.3, 0.4) is 0 Å². The maximum Gasteiger partial charge on any atom is 0.573 e. The van der Waals surface area contributed by atoms with Crippen LogP contribution in [0, 0.1) is 13.8 Å². The number of pyridine rings is 1. The Morgan fingerprint density at radius 2 is 2.14 bits per heavy atom. The van der Waals surface area contributed by atoms with Gasteiger partial charge in [-0.3, -0.25) is 14.9 Å². The second-order valence-corrected chi connectivity index (χ2v) is 4.56. The second-order valence-electron chi connectivity index (χ2n) is 3.54. The van der Waals surface area contributed by atoms with Gasteiger partial charge in [-0.2, -0.15) is 0 Å². The molecule has 0 radical (unpaired) electrons. The van der Waals surface area contributed by atoms with Crippen molar-refractivity contribution in [3.05, 3.63) is 25.6 Å². The van der Waals surface area contributed by atoms with Gasteiger partial charge in [-0.1, -0.05) is 0 Å². The Bertz CT molecular complexity index is 564. The summed E-state index contributed by atoms with van der Waals surface area (Å²) in [5, 5.41) is 10.9. The van der Waals surface area contributed by atoms with E-state index < -0.39 is 35.1 Å². The predicted octanol–water partition coefficient (Wildman–Crippen LogP) is 2.60. The number of carbonyl (C=O) groups excluding carboxylic acids is 1. The Morgan fingerprint density at radius 3 is 2.62 bits per heavy atom. The van der Waals surface area contributed by atoms with Crippen LogP contribution in [0.25, 0.3) is 0 Å². The number of nitro groups is 1. The van der Waals surface area contributed by atoms with Crippen molar-refractivity contribution < 1.29 is 32.4 Å². The van der Waals surface area contributed by atoms with Crippen molar-refractivity contribution >= 4 is 34.2 Å². The van der Waals surface area contributed by atoms with E-state index in [1.165, 1.54) is 29.5 Å². The summed E-state index contributed by atoms with van der Waals surface area (Å²) in [6.07, 6.45) is -4.85. The van der Waals surface area contributed by atoms with E-state index >= 15 is 0 Å². The number of nitrogens with zero attached hydrogens (tertiary/aromatic N) is 2. The molecule has 0 bridgehead atoms. The van der Waals surface area contributed by atoms with Crippen LogP contribution >= 0.6 is 22.6 Å². The monoisotopic (exact) mass is 420 g/mol. The fraction of sp³-hybridized carbons (Fsp3) is 0.400. The van der Waals surface area contributed by atoms with Crippen LogP contribution in [0.5, 0.6) is 5.75 Å². The zero-order valence-corrected chi connectivity index (χ0v) is 12.6. The molecule has 0 saturated carbocycles. The minimum Gasteiger partial charge on any atom is -0.466 e. The molecule has 0 aromatic carbocycles. The summed E-state index contributed by atoms with van der Waals surface area (Å²) in [7, 11) is 0. The van der Waals surface area contributed by atoms with Gasteiger partial charge in [0.15, 0.2) is 3.70 Å². The first-order valence-corrected chi connectivity index (χ1v) is 6.46. The van der Waals surface area contributed by atoms with Gasteiger partial charge in [0.2, 0.25) is 5.75 Å². The predicted molar refractivity (Wildman–Crippen MR) is 70.6 cm³/mol. The van der Waals surface area contributed by atoms with Crippen molar-refractivity contribution in [2.45, 2.75) is 19.7 Å². The van der Waals surface area contributed by atoms with Gasteiger partial charge in [-0.05, 0) is 29.5 Å². The van der Waals surface area contributed by atoms with E-state index in [0.717, 1.165) is 6.20 Å². The fourth-order valence-corrected chi connectivity index (χ4v) is 1.96. The van der Waals surface area contributed by atoms with Gasteiger partial charge >= 0.3 is 18.0 Å². The highest BCUT2D eigenvalue weighted by molar-refractivity contribution is 14.1. The van der Waals surface area contributed by atoms with Crippen molar-refractivity contribution in [2.75, 3.05) is 6.61 Å². The topological polar surface area (TPSA) is 91.6 Å². The molecule has 7 nitrogen and oxygen atoms in total. The molecule has 1 heterocycles. The number of carbonyl (C=O) groups is 1. The molecule has 0 spiro atoms. The van der Waals surface area contributed by atoms with Crippen LogP contribution in [0.15, 0.2) is 6.20 Å². The normalized spacial score (nSPS) is 11.1. The van der Waals surface area contributed by atoms with Crippen LogP contribution in [-0.2, 0) is 16.0 Å². The van der Waals surface area contributed by atoms with Gasteiger partial charge in [-0.25, -0.2) is 4.98 Å². The fourth-order valence-electron chi connectivity index (χ4n) is 1.38. The van der Waals surface area contributed by atoms with E-state index in [1.807, 2.05) is 0 Å². The highest BCUT2D eigenvalue weighted by Crippen LogP contribution is 2.37. The molecule has 0 unspecified atom stereocenters. The SMILES string of the molecule is CCOC(=O)Cc1cnc(I)c([N+](=O)[O-])c1OC(F)(F)F. The van der Waals surface area contributed by atoms with Gasteiger partial charge in [0.1, 0.15) is 0 Å². The van der Waals surface area contributed by atoms with Crippen molar-refractivity contribution in [1.82, 2.24) is 4.98 Å². The molecule has 1 rings (SSSR count). The van der Waals surface area contributed by atoms with Crippen LogP contribution < -0.4 is 4.74 Å². The van der Waals surface area contributed by atoms with Gasteiger partial charge in [0.05, 0.1) is 18.0 Å². The third-order valence-electron chi connectivity index (χ3n) is 2.08. The molecule has 0 aliphatic carbocycles. The first kappa shape index (κ1) is 17.4. The molecule has 0 N–H and O–H groups in total. The number of hydrogen-bond donors (Lipinski definition) is 0. The highest BCUT2D eigenvalue weighted by Gasteiger charge is 2.37. The lowest BCUT2D eigenvalue weighted by Gasteiger charge is -2.13.